The van der Waals surface area contributed by atoms with E-state index in [2.05, 4.69) is 16.0 Å². The van der Waals surface area contributed by atoms with Crippen LogP contribution in [0.1, 0.15) is 24.2 Å². The molecular formula is C23H22N4O3. The van der Waals surface area contributed by atoms with E-state index < -0.39 is 0 Å². The molecular weight excluding hydrogens is 380 g/mol. The molecule has 4 rings (SSSR count). The van der Waals surface area contributed by atoms with Gasteiger partial charge in [-0.25, -0.2) is 4.98 Å². The topological polar surface area (TPSA) is 91.2 Å². The number of hydrogen-bond donors (Lipinski definition) is 1. The van der Waals surface area contributed by atoms with Gasteiger partial charge in [-0.1, -0.05) is 18.2 Å². The molecule has 2 aromatic carbocycles. The predicted molar refractivity (Wildman–Crippen MR) is 114 cm³/mol. The number of allylic oxidation sites excluding steroid dienone is 1. The molecule has 1 N–H and O–H groups in total. The molecule has 152 valence electrons. The number of likely N-dealkylation sites (tertiary alicyclic amines) is 1. The number of methoxy groups -OCH3 is 1. The number of para-hydroxylation sites is 2. The second-order valence-corrected chi connectivity index (χ2v) is 7.06. The number of nitrogens with one attached hydrogen (secondary N) is 1. The Morgan fingerprint density at radius 2 is 2.03 bits per heavy atom. The van der Waals surface area contributed by atoms with Crippen LogP contribution in [0.15, 0.2) is 42.5 Å². The lowest BCUT2D eigenvalue weighted by Crippen LogP contribution is -2.32. The van der Waals surface area contributed by atoms with Gasteiger partial charge in [0.05, 0.1) is 23.7 Å². The molecule has 0 atom stereocenters. The number of nitrogens with zero attached hydrogens (tertiary/aromatic N) is 3. The molecule has 0 spiro atoms. The van der Waals surface area contributed by atoms with Crippen LogP contribution in [-0.2, 0) is 4.79 Å². The van der Waals surface area contributed by atoms with Crippen LogP contribution in [0.5, 0.6) is 11.5 Å². The largest absolute Gasteiger partial charge is 0.493 e. The number of imidazole rings is 1. The highest BCUT2D eigenvalue weighted by molar-refractivity contribution is 5.90. The van der Waals surface area contributed by atoms with Crippen molar-refractivity contribution < 1.29 is 14.3 Å². The van der Waals surface area contributed by atoms with E-state index in [1.54, 1.807) is 25.3 Å². The first-order chi connectivity index (χ1) is 14.7. The van der Waals surface area contributed by atoms with Gasteiger partial charge < -0.3 is 19.4 Å². The van der Waals surface area contributed by atoms with Gasteiger partial charge in [-0.2, -0.15) is 5.26 Å². The molecule has 7 heteroatoms. The molecule has 0 aliphatic carbocycles. The summed E-state index contributed by atoms with van der Waals surface area (Å²) in [4.78, 5) is 21.7. The minimum Gasteiger partial charge on any atom is -0.493 e. The number of fused-ring (bicyclic) bond motifs is 1. The average Bonchev–Trinajstić information content (AvgIpc) is 3.46. The Hall–Kier alpha value is -3.79. The van der Waals surface area contributed by atoms with Gasteiger partial charge in [-0.3, -0.25) is 4.79 Å². The van der Waals surface area contributed by atoms with E-state index in [4.69, 9.17) is 9.47 Å². The van der Waals surface area contributed by atoms with Gasteiger partial charge >= 0.3 is 0 Å². The van der Waals surface area contributed by atoms with Crippen LogP contribution >= 0.6 is 0 Å². The summed E-state index contributed by atoms with van der Waals surface area (Å²) in [6.07, 6.45) is 3.82. The number of carbonyl (C=O) groups is 1. The number of aromatic amines is 1. The molecule has 1 fully saturated rings. The van der Waals surface area contributed by atoms with Crippen LogP contribution in [0.25, 0.3) is 22.7 Å². The zero-order valence-corrected chi connectivity index (χ0v) is 16.7. The highest BCUT2D eigenvalue weighted by atomic mass is 16.5. The Kier molecular flexibility index (Phi) is 5.66. The summed E-state index contributed by atoms with van der Waals surface area (Å²) in [5, 5.41) is 9.62. The first-order valence-corrected chi connectivity index (χ1v) is 9.83. The number of H-pyrrole nitrogens is 1. The van der Waals surface area contributed by atoms with Crippen molar-refractivity contribution in [2.45, 2.75) is 12.8 Å². The second-order valence-electron chi connectivity index (χ2n) is 7.06. The Bertz CT molecular complexity index is 1100. The summed E-state index contributed by atoms with van der Waals surface area (Å²) in [7, 11) is 1.54. The van der Waals surface area contributed by atoms with Crippen molar-refractivity contribution in [2.24, 2.45) is 0 Å². The quantitative estimate of drug-likeness (QED) is 0.636. The normalized spacial score (nSPS) is 14.0. The highest BCUT2D eigenvalue weighted by Gasteiger charge is 2.19. The van der Waals surface area contributed by atoms with Gasteiger partial charge in [-0.15, -0.1) is 0 Å². The van der Waals surface area contributed by atoms with Gasteiger partial charge in [0.2, 0.25) is 0 Å². The molecule has 30 heavy (non-hydrogen) atoms. The summed E-state index contributed by atoms with van der Waals surface area (Å²) in [6.45, 7) is 1.57. The second kappa shape index (κ2) is 8.70. The number of aromatic nitrogens is 2. The molecule has 1 aromatic heterocycles. The zero-order valence-electron chi connectivity index (χ0n) is 16.7. The maximum atomic E-state index is 12.2. The van der Waals surface area contributed by atoms with Crippen LogP contribution in [0.4, 0.5) is 0 Å². The monoisotopic (exact) mass is 402 g/mol. The van der Waals surface area contributed by atoms with Gasteiger partial charge in [0.15, 0.2) is 18.1 Å². The lowest BCUT2D eigenvalue weighted by atomic mass is 10.1. The smallest absolute Gasteiger partial charge is 0.260 e. The fourth-order valence-corrected chi connectivity index (χ4v) is 3.49. The van der Waals surface area contributed by atoms with E-state index in [-0.39, 0.29) is 12.5 Å². The fourth-order valence-electron chi connectivity index (χ4n) is 3.49. The molecule has 1 amide bonds. The van der Waals surface area contributed by atoms with Crippen LogP contribution in [0, 0.1) is 11.3 Å². The molecule has 1 saturated heterocycles. The van der Waals surface area contributed by atoms with E-state index in [0.717, 1.165) is 42.5 Å². The van der Waals surface area contributed by atoms with Crippen LogP contribution in [0.2, 0.25) is 0 Å². The summed E-state index contributed by atoms with van der Waals surface area (Å²) < 4.78 is 11.1. The van der Waals surface area contributed by atoms with Crippen molar-refractivity contribution in [1.82, 2.24) is 14.9 Å². The lowest BCUT2D eigenvalue weighted by Gasteiger charge is -2.16. The molecule has 0 unspecified atom stereocenters. The molecule has 1 aliphatic rings. The average molecular weight is 402 g/mol. The number of rotatable bonds is 6. The number of amides is 1. The number of carbonyl (C=O) groups excluding carboxylic acids is 1. The third kappa shape index (κ3) is 4.13. The Balaban J connectivity index is 1.53. The molecule has 0 saturated carbocycles. The van der Waals surface area contributed by atoms with Gasteiger partial charge in [-0.05, 0) is 48.7 Å². The summed E-state index contributed by atoms with van der Waals surface area (Å²) in [5.74, 6) is 1.48. The SMILES string of the molecule is COc1cc(/C=C(\C#N)c2nc3ccccc3[nH]2)ccc1OCC(=O)N1CCCC1. The van der Waals surface area contributed by atoms with E-state index >= 15 is 0 Å². The Morgan fingerprint density at radius 3 is 2.77 bits per heavy atom. The molecule has 0 radical (unpaired) electrons. The molecule has 7 nitrogen and oxygen atoms in total. The van der Waals surface area contributed by atoms with Gasteiger partial charge in [0, 0.05) is 13.1 Å². The maximum absolute atomic E-state index is 12.2. The van der Waals surface area contributed by atoms with E-state index in [9.17, 15) is 10.1 Å². The first-order valence-electron chi connectivity index (χ1n) is 9.83. The van der Waals surface area contributed by atoms with Crippen LogP contribution < -0.4 is 9.47 Å². The minimum atomic E-state index is -0.0199. The van der Waals surface area contributed by atoms with E-state index in [1.165, 1.54) is 0 Å². The summed E-state index contributed by atoms with van der Waals surface area (Å²) in [6, 6.07) is 15.2. The van der Waals surface area contributed by atoms with Crippen LogP contribution in [0.3, 0.4) is 0 Å². The summed E-state index contributed by atoms with van der Waals surface area (Å²) in [5.41, 5.74) is 2.85. The molecule has 3 aromatic rings. The fraction of sp³-hybridized carbons (Fsp3) is 0.261. The van der Waals surface area contributed by atoms with Crippen molar-refractivity contribution in [3.8, 4) is 17.6 Å². The van der Waals surface area contributed by atoms with E-state index in [0.29, 0.717) is 22.9 Å². The van der Waals surface area contributed by atoms with Crippen molar-refractivity contribution in [3.63, 3.8) is 0 Å². The van der Waals surface area contributed by atoms with Crippen molar-refractivity contribution in [3.05, 3.63) is 53.9 Å². The molecule has 1 aliphatic heterocycles. The zero-order chi connectivity index (χ0) is 20.9. The standard InChI is InChI=1S/C23H22N4O3/c1-29-21-13-16(8-9-20(21)30-15-22(28)27-10-4-5-11-27)12-17(14-24)23-25-18-6-2-3-7-19(18)26-23/h2-3,6-9,12-13H,4-5,10-11,15H2,1H3,(H,25,26)/b17-12+. The third-order valence-corrected chi connectivity index (χ3v) is 5.07. The predicted octanol–water partition coefficient (Wildman–Crippen LogP) is 3.64. The van der Waals surface area contributed by atoms with Crippen molar-refractivity contribution in [1.29, 1.82) is 5.26 Å². The Labute approximate surface area is 174 Å². The molecule has 0 bridgehead atoms. The number of ether oxygens (including phenoxy) is 2. The van der Waals surface area contributed by atoms with E-state index in [1.807, 2.05) is 35.2 Å². The lowest BCUT2D eigenvalue weighted by molar-refractivity contribution is -0.132. The van der Waals surface area contributed by atoms with Gasteiger partial charge in [0.25, 0.3) is 5.91 Å². The summed E-state index contributed by atoms with van der Waals surface area (Å²) >= 11 is 0. The molecule has 2 heterocycles. The van der Waals surface area contributed by atoms with Crippen molar-refractivity contribution in [2.75, 3.05) is 26.8 Å². The minimum absolute atomic E-state index is 0.0184. The highest BCUT2D eigenvalue weighted by Crippen LogP contribution is 2.30. The number of hydrogen-bond acceptors (Lipinski definition) is 5. The first kappa shape index (κ1) is 19.5. The van der Waals surface area contributed by atoms with Crippen molar-refractivity contribution >= 4 is 28.6 Å². The third-order valence-electron chi connectivity index (χ3n) is 5.07. The number of nitriles is 1. The maximum Gasteiger partial charge on any atom is 0.260 e. The van der Waals surface area contributed by atoms with Gasteiger partial charge in [0.1, 0.15) is 11.9 Å². The Morgan fingerprint density at radius 1 is 1.23 bits per heavy atom. The van der Waals surface area contributed by atoms with Crippen LogP contribution in [-0.4, -0.2) is 47.6 Å². The number of benzene rings is 2.